The van der Waals surface area contributed by atoms with Crippen LogP contribution in [0.1, 0.15) is 24.8 Å². The highest BCUT2D eigenvalue weighted by molar-refractivity contribution is 6.33. The Morgan fingerprint density at radius 2 is 2.00 bits per heavy atom. The van der Waals surface area contributed by atoms with E-state index in [1.165, 1.54) is 6.42 Å². The minimum Gasteiger partial charge on any atom is -0.325 e. The third kappa shape index (κ3) is 3.13. The summed E-state index contributed by atoms with van der Waals surface area (Å²) in [5.41, 5.74) is 1.78. The summed E-state index contributed by atoms with van der Waals surface area (Å²) in [5, 5.41) is 3.46. The first-order chi connectivity index (χ1) is 8.16. The Morgan fingerprint density at radius 1 is 1.29 bits per heavy atom. The van der Waals surface area contributed by atoms with Gasteiger partial charge in [0.05, 0.1) is 10.7 Å². The highest BCUT2D eigenvalue weighted by Gasteiger charge is 2.17. The average molecular weight is 253 g/mol. The molecule has 1 aromatic carbocycles. The fraction of sp³-hybridized carbons (Fsp3) is 0.462. The van der Waals surface area contributed by atoms with Crippen LogP contribution in [0.3, 0.4) is 0 Å². The minimum atomic E-state index is -0.0443. The number of amides is 2. The lowest BCUT2D eigenvalue weighted by molar-refractivity contribution is 0.200. The van der Waals surface area contributed by atoms with E-state index >= 15 is 0 Å². The molecule has 0 aromatic heterocycles. The predicted octanol–water partition coefficient (Wildman–Crippen LogP) is 3.67. The molecule has 1 fully saturated rings. The van der Waals surface area contributed by atoms with Crippen LogP contribution in [0.5, 0.6) is 0 Å². The molecule has 1 aliphatic rings. The summed E-state index contributed by atoms with van der Waals surface area (Å²) in [7, 11) is 0. The molecule has 0 bridgehead atoms. The van der Waals surface area contributed by atoms with Crippen molar-refractivity contribution in [3.05, 3.63) is 28.8 Å². The summed E-state index contributed by atoms with van der Waals surface area (Å²) in [4.78, 5) is 13.8. The number of urea groups is 1. The number of piperidine rings is 1. The molecule has 1 aromatic rings. The van der Waals surface area contributed by atoms with E-state index in [4.69, 9.17) is 11.6 Å². The van der Waals surface area contributed by atoms with E-state index in [1.807, 2.05) is 30.0 Å². The second-order valence-corrected chi connectivity index (χ2v) is 4.87. The van der Waals surface area contributed by atoms with Crippen molar-refractivity contribution in [3.8, 4) is 0 Å². The molecule has 0 spiro atoms. The molecular formula is C13H17ClN2O. The van der Waals surface area contributed by atoms with Crippen LogP contribution < -0.4 is 5.32 Å². The fourth-order valence-electron chi connectivity index (χ4n) is 2.03. The van der Waals surface area contributed by atoms with Gasteiger partial charge in [0.2, 0.25) is 0 Å². The lowest BCUT2D eigenvalue weighted by Gasteiger charge is -2.27. The Balaban J connectivity index is 2.04. The molecule has 1 saturated heterocycles. The van der Waals surface area contributed by atoms with Crippen LogP contribution in [-0.2, 0) is 0 Å². The first kappa shape index (κ1) is 12.2. The number of carbonyl (C=O) groups excluding carboxylic acids is 1. The van der Waals surface area contributed by atoms with Crippen LogP contribution in [-0.4, -0.2) is 24.0 Å². The topological polar surface area (TPSA) is 32.3 Å². The lowest BCUT2D eigenvalue weighted by Crippen LogP contribution is -2.38. The van der Waals surface area contributed by atoms with Gasteiger partial charge >= 0.3 is 6.03 Å². The summed E-state index contributed by atoms with van der Waals surface area (Å²) in [6.45, 7) is 3.66. The molecule has 1 aliphatic heterocycles. The largest absolute Gasteiger partial charge is 0.325 e. The number of hydrogen-bond acceptors (Lipinski definition) is 1. The van der Waals surface area contributed by atoms with E-state index in [2.05, 4.69) is 5.32 Å². The molecule has 92 valence electrons. The number of nitrogens with zero attached hydrogens (tertiary/aromatic N) is 1. The Morgan fingerprint density at radius 3 is 2.71 bits per heavy atom. The smallest absolute Gasteiger partial charge is 0.321 e. The Bertz CT molecular complexity index is 414. The number of benzene rings is 1. The molecule has 0 unspecified atom stereocenters. The molecule has 3 nitrogen and oxygen atoms in total. The zero-order valence-corrected chi connectivity index (χ0v) is 10.8. The summed E-state index contributed by atoms with van der Waals surface area (Å²) < 4.78 is 0. The summed E-state index contributed by atoms with van der Waals surface area (Å²) in [6.07, 6.45) is 3.40. The van der Waals surface area contributed by atoms with Gasteiger partial charge in [-0.15, -0.1) is 0 Å². The second-order valence-electron chi connectivity index (χ2n) is 4.46. The molecule has 1 N–H and O–H groups in total. The molecule has 1 heterocycles. The number of carbonyl (C=O) groups is 1. The summed E-state index contributed by atoms with van der Waals surface area (Å²) >= 11 is 6.05. The minimum absolute atomic E-state index is 0.0443. The first-order valence-electron chi connectivity index (χ1n) is 5.99. The first-order valence-corrected chi connectivity index (χ1v) is 6.37. The SMILES string of the molecule is Cc1ccc(Cl)c(NC(=O)N2CCCCC2)c1. The Kier molecular flexibility index (Phi) is 3.89. The van der Waals surface area contributed by atoms with Crippen LogP contribution in [0.4, 0.5) is 10.5 Å². The fourth-order valence-corrected chi connectivity index (χ4v) is 2.19. The second kappa shape index (κ2) is 5.41. The van der Waals surface area contributed by atoms with Gasteiger partial charge in [-0.3, -0.25) is 0 Å². The maximum atomic E-state index is 12.0. The number of rotatable bonds is 1. The monoisotopic (exact) mass is 252 g/mol. The third-order valence-electron chi connectivity index (χ3n) is 3.01. The average Bonchev–Trinajstić information content (AvgIpc) is 2.35. The van der Waals surface area contributed by atoms with Crippen LogP contribution >= 0.6 is 11.6 Å². The summed E-state index contributed by atoms with van der Waals surface area (Å²) in [5.74, 6) is 0. The van der Waals surface area contributed by atoms with Gasteiger partial charge < -0.3 is 10.2 Å². The molecule has 2 amide bonds. The number of halogens is 1. The van der Waals surface area contributed by atoms with Crippen molar-refractivity contribution in [1.82, 2.24) is 4.90 Å². The van der Waals surface area contributed by atoms with Gasteiger partial charge in [0.15, 0.2) is 0 Å². The van der Waals surface area contributed by atoms with Crippen molar-refractivity contribution < 1.29 is 4.79 Å². The maximum absolute atomic E-state index is 12.0. The van der Waals surface area contributed by atoms with Gasteiger partial charge in [0, 0.05) is 13.1 Å². The van der Waals surface area contributed by atoms with Gasteiger partial charge in [-0.25, -0.2) is 4.79 Å². The van der Waals surface area contributed by atoms with E-state index in [0.717, 1.165) is 31.5 Å². The quantitative estimate of drug-likeness (QED) is 0.813. The normalized spacial score (nSPS) is 15.8. The number of likely N-dealkylation sites (tertiary alicyclic amines) is 1. The highest BCUT2D eigenvalue weighted by atomic mass is 35.5. The zero-order valence-electron chi connectivity index (χ0n) is 10.0. The van der Waals surface area contributed by atoms with Gasteiger partial charge in [0.25, 0.3) is 0 Å². The van der Waals surface area contributed by atoms with E-state index in [0.29, 0.717) is 10.7 Å². The molecular weight excluding hydrogens is 236 g/mol. The van der Waals surface area contributed by atoms with E-state index in [1.54, 1.807) is 0 Å². The van der Waals surface area contributed by atoms with Crippen molar-refractivity contribution >= 4 is 23.3 Å². The van der Waals surface area contributed by atoms with Crippen molar-refractivity contribution in [2.24, 2.45) is 0 Å². The van der Waals surface area contributed by atoms with Gasteiger partial charge in [-0.2, -0.15) is 0 Å². The summed E-state index contributed by atoms with van der Waals surface area (Å²) in [6, 6.07) is 5.59. The molecule has 2 rings (SSSR count). The number of nitrogens with one attached hydrogen (secondary N) is 1. The van der Waals surface area contributed by atoms with Crippen molar-refractivity contribution in [1.29, 1.82) is 0 Å². The van der Waals surface area contributed by atoms with Crippen LogP contribution in [0.15, 0.2) is 18.2 Å². The van der Waals surface area contributed by atoms with Gasteiger partial charge in [-0.1, -0.05) is 17.7 Å². The van der Waals surface area contributed by atoms with Crippen molar-refractivity contribution in [2.45, 2.75) is 26.2 Å². The van der Waals surface area contributed by atoms with E-state index in [-0.39, 0.29) is 6.03 Å². The molecule has 0 atom stereocenters. The van der Waals surface area contributed by atoms with Crippen LogP contribution in [0.25, 0.3) is 0 Å². The molecule has 0 radical (unpaired) electrons. The Hall–Kier alpha value is -1.22. The van der Waals surface area contributed by atoms with Crippen LogP contribution in [0, 0.1) is 6.92 Å². The molecule has 0 aliphatic carbocycles. The van der Waals surface area contributed by atoms with Crippen molar-refractivity contribution in [2.75, 3.05) is 18.4 Å². The standard InChI is InChI=1S/C13H17ClN2O/c1-10-5-6-11(14)12(9-10)15-13(17)16-7-3-2-4-8-16/h5-6,9H,2-4,7-8H2,1H3,(H,15,17). The maximum Gasteiger partial charge on any atom is 0.321 e. The number of hydrogen-bond donors (Lipinski definition) is 1. The predicted molar refractivity (Wildman–Crippen MR) is 70.6 cm³/mol. The number of anilines is 1. The Labute approximate surface area is 107 Å². The third-order valence-corrected chi connectivity index (χ3v) is 3.34. The lowest BCUT2D eigenvalue weighted by atomic mass is 10.1. The van der Waals surface area contributed by atoms with E-state index in [9.17, 15) is 4.79 Å². The zero-order chi connectivity index (χ0) is 12.3. The van der Waals surface area contributed by atoms with E-state index < -0.39 is 0 Å². The van der Waals surface area contributed by atoms with Crippen molar-refractivity contribution in [3.63, 3.8) is 0 Å². The number of aryl methyl sites for hydroxylation is 1. The molecule has 17 heavy (non-hydrogen) atoms. The van der Waals surface area contributed by atoms with Gasteiger partial charge in [-0.05, 0) is 43.9 Å². The molecule has 0 saturated carbocycles. The van der Waals surface area contributed by atoms with Crippen LogP contribution in [0.2, 0.25) is 5.02 Å². The highest BCUT2D eigenvalue weighted by Crippen LogP contribution is 2.23. The van der Waals surface area contributed by atoms with Gasteiger partial charge in [0.1, 0.15) is 0 Å². The molecule has 4 heteroatoms.